The molecule has 0 radical (unpaired) electrons. The van der Waals surface area contributed by atoms with Gasteiger partial charge in [-0.3, -0.25) is 4.79 Å². The van der Waals surface area contributed by atoms with Gasteiger partial charge in [-0.1, -0.05) is 18.2 Å². The van der Waals surface area contributed by atoms with Gasteiger partial charge in [-0.25, -0.2) is 31.9 Å². The van der Waals surface area contributed by atoms with Crippen LogP contribution in [-0.2, 0) is 14.7 Å². The lowest BCUT2D eigenvalue weighted by Gasteiger charge is -2.68. The van der Waals surface area contributed by atoms with Crippen molar-refractivity contribution in [2.45, 2.75) is 67.1 Å². The first-order valence-corrected chi connectivity index (χ1v) is 12.6. The highest BCUT2D eigenvalue weighted by Gasteiger charge is 2.83. The molecule has 0 spiro atoms. The second-order valence-corrected chi connectivity index (χ2v) is 12.5. The Labute approximate surface area is 183 Å². The summed E-state index contributed by atoms with van der Waals surface area (Å²) in [6.45, 7) is 0. The van der Waals surface area contributed by atoms with Crippen molar-refractivity contribution in [1.82, 2.24) is 5.48 Å². The molecule has 6 rings (SSSR count). The predicted molar refractivity (Wildman–Crippen MR) is 107 cm³/mol. The summed E-state index contributed by atoms with van der Waals surface area (Å²) in [6, 6.07) is 7.54. The van der Waals surface area contributed by atoms with Crippen LogP contribution in [0.5, 0.6) is 0 Å². The third kappa shape index (κ3) is 3.04. The molecule has 4 unspecified atom stereocenters. The Bertz CT molecular complexity index is 1040. The molecule has 5 aliphatic carbocycles. The molecule has 5 aliphatic rings. The fraction of sp³-hybridized carbons (Fsp3) is 0.682. The molecule has 5 saturated carbocycles. The molecule has 0 heterocycles. The van der Waals surface area contributed by atoms with E-state index in [1.54, 1.807) is 18.2 Å². The molecular weight excluding hydrogens is 450 g/mol. The molecule has 1 N–H and O–H groups in total. The first-order chi connectivity index (χ1) is 14.8. The van der Waals surface area contributed by atoms with Crippen LogP contribution in [0.4, 0.5) is 17.6 Å². The molecule has 1 aromatic carbocycles. The van der Waals surface area contributed by atoms with Gasteiger partial charge in [-0.15, -0.1) is 0 Å². The average molecular weight is 476 g/mol. The van der Waals surface area contributed by atoms with E-state index < -0.39 is 87.3 Å². The maximum atomic E-state index is 16.7. The lowest BCUT2D eigenvalue weighted by Crippen LogP contribution is -2.76. The number of amides is 1. The Morgan fingerprint density at radius 2 is 1.59 bits per heavy atom. The molecule has 1 aromatic rings. The molecule has 4 bridgehead atoms. The van der Waals surface area contributed by atoms with E-state index in [0.29, 0.717) is 19.1 Å². The number of carbonyl (C=O) groups excluding carboxylic acids is 1. The zero-order valence-corrected chi connectivity index (χ0v) is 18.4. The molecule has 5 fully saturated rings. The monoisotopic (exact) mass is 475 g/mol. The van der Waals surface area contributed by atoms with Crippen LogP contribution in [0.2, 0.25) is 0 Å². The minimum atomic E-state index is -4.83. The number of benzene rings is 1. The van der Waals surface area contributed by atoms with Crippen molar-refractivity contribution in [3.05, 3.63) is 35.9 Å². The van der Waals surface area contributed by atoms with E-state index in [4.69, 9.17) is 4.84 Å². The van der Waals surface area contributed by atoms with Crippen LogP contribution in [0, 0.1) is 17.3 Å². The smallest absolute Gasteiger partial charge is 0.267 e. The minimum absolute atomic E-state index is 0.0680. The number of sulfone groups is 1. The van der Waals surface area contributed by atoms with Gasteiger partial charge in [0.2, 0.25) is 9.84 Å². The number of hydrogen-bond acceptors (Lipinski definition) is 4. The average Bonchev–Trinajstić information content (AvgIpc) is 3.46. The number of halogens is 4. The van der Waals surface area contributed by atoms with Crippen molar-refractivity contribution >= 4 is 15.7 Å². The summed E-state index contributed by atoms with van der Waals surface area (Å²) in [7, 11) is -4.83. The first-order valence-electron chi connectivity index (χ1n) is 10.7. The van der Waals surface area contributed by atoms with Crippen LogP contribution in [0.3, 0.4) is 0 Å². The molecule has 10 heteroatoms. The van der Waals surface area contributed by atoms with Crippen molar-refractivity contribution < 1.29 is 35.6 Å². The summed E-state index contributed by atoms with van der Waals surface area (Å²) in [5.74, 6) is -2.54. The van der Waals surface area contributed by atoms with E-state index in [9.17, 15) is 13.2 Å². The maximum Gasteiger partial charge on any atom is 0.337 e. The zero-order chi connectivity index (χ0) is 23.2. The summed E-state index contributed by atoms with van der Waals surface area (Å²) in [4.78, 5) is 17.4. The molecular formula is C22H25F4NO4S. The van der Waals surface area contributed by atoms with E-state index >= 15 is 17.6 Å². The summed E-state index contributed by atoms with van der Waals surface area (Å²) in [5, 5.41) is -3.70. The van der Waals surface area contributed by atoms with Crippen LogP contribution < -0.4 is 5.48 Å². The number of rotatable bonds is 6. The quantitative estimate of drug-likeness (QED) is 0.496. The number of nitrogens with one attached hydrogen (secondary N) is 1. The second kappa shape index (κ2) is 6.46. The maximum absolute atomic E-state index is 16.7. The highest BCUT2D eigenvalue weighted by Crippen LogP contribution is 2.77. The van der Waals surface area contributed by atoms with E-state index in [-0.39, 0.29) is 5.56 Å². The van der Waals surface area contributed by atoms with Crippen LogP contribution in [0.15, 0.2) is 30.3 Å². The van der Waals surface area contributed by atoms with Gasteiger partial charge in [0.25, 0.3) is 5.91 Å². The van der Waals surface area contributed by atoms with E-state index in [2.05, 4.69) is 0 Å². The predicted octanol–water partition coefficient (Wildman–Crippen LogP) is 4.14. The van der Waals surface area contributed by atoms with E-state index in [1.165, 1.54) is 12.1 Å². The summed E-state index contributed by atoms with van der Waals surface area (Å²) in [5.41, 5.74) is -7.57. The summed E-state index contributed by atoms with van der Waals surface area (Å²) >= 11 is 0. The number of hydroxylamine groups is 1. The lowest BCUT2D eigenvalue weighted by molar-refractivity contribution is -0.325. The Morgan fingerprint density at radius 3 is 2.09 bits per heavy atom. The topological polar surface area (TPSA) is 72.5 Å². The Balaban J connectivity index is 1.59. The molecule has 0 saturated heterocycles. The van der Waals surface area contributed by atoms with Gasteiger partial charge in [0.05, 0.1) is 5.41 Å². The Morgan fingerprint density at radius 1 is 1.03 bits per heavy atom. The standard InChI is InChI=1S/C22H25F4NO4S/c1-32(29,30)22(26,31-27-17(28)15-5-3-2-4-6-15)20-10-18(23)9-19(24,11-20)13-21(25,12-18)16(20)14-7-8-14/h2-6,14,16H,7-13H2,1H3,(H,27,28). The highest BCUT2D eigenvalue weighted by atomic mass is 32.2. The fourth-order valence-electron chi connectivity index (χ4n) is 7.19. The van der Waals surface area contributed by atoms with Crippen molar-refractivity contribution in [2.24, 2.45) is 17.3 Å². The SMILES string of the molecule is CS(=O)(=O)C(F)(ONC(=O)c1ccccc1)C12CC3(F)CC(F)(CC(F)(C3)C1C1CC1)C2. The summed E-state index contributed by atoms with van der Waals surface area (Å²) < 4.78 is 89.9. The fourth-order valence-corrected chi connectivity index (χ4v) is 8.40. The van der Waals surface area contributed by atoms with E-state index in [1.807, 2.05) is 5.48 Å². The number of alkyl halides is 4. The Hall–Kier alpha value is -1.68. The van der Waals surface area contributed by atoms with Crippen LogP contribution in [0.1, 0.15) is 55.3 Å². The molecule has 4 atom stereocenters. The van der Waals surface area contributed by atoms with Crippen molar-refractivity contribution in [1.29, 1.82) is 0 Å². The van der Waals surface area contributed by atoms with Gasteiger partial charge in [0.15, 0.2) is 0 Å². The molecule has 0 aromatic heterocycles. The Kier molecular flexibility index (Phi) is 4.47. The zero-order valence-electron chi connectivity index (χ0n) is 17.5. The van der Waals surface area contributed by atoms with Crippen LogP contribution in [-0.4, -0.2) is 42.8 Å². The molecule has 176 valence electrons. The molecule has 1 amide bonds. The third-order valence-electron chi connectivity index (χ3n) is 7.75. The third-order valence-corrected chi connectivity index (χ3v) is 9.19. The van der Waals surface area contributed by atoms with Gasteiger partial charge in [-0.2, -0.15) is 4.39 Å². The van der Waals surface area contributed by atoms with E-state index in [0.717, 1.165) is 0 Å². The van der Waals surface area contributed by atoms with Crippen molar-refractivity contribution in [2.75, 3.05) is 6.26 Å². The largest absolute Gasteiger partial charge is 0.337 e. The molecule has 5 nitrogen and oxygen atoms in total. The highest BCUT2D eigenvalue weighted by molar-refractivity contribution is 7.91. The molecule has 32 heavy (non-hydrogen) atoms. The van der Waals surface area contributed by atoms with Gasteiger partial charge in [0.1, 0.15) is 17.0 Å². The lowest BCUT2D eigenvalue weighted by atomic mass is 9.41. The van der Waals surface area contributed by atoms with Crippen LogP contribution in [0.25, 0.3) is 0 Å². The van der Waals surface area contributed by atoms with Gasteiger partial charge in [-0.05, 0) is 43.7 Å². The molecule has 0 aliphatic heterocycles. The first kappa shape index (κ1) is 22.1. The van der Waals surface area contributed by atoms with Crippen LogP contribution >= 0.6 is 0 Å². The summed E-state index contributed by atoms with van der Waals surface area (Å²) in [6.07, 6.45) is -1.52. The van der Waals surface area contributed by atoms with Crippen molar-refractivity contribution in [3.63, 3.8) is 0 Å². The van der Waals surface area contributed by atoms with Gasteiger partial charge in [0, 0.05) is 37.0 Å². The van der Waals surface area contributed by atoms with Crippen molar-refractivity contribution in [3.8, 4) is 0 Å². The van der Waals surface area contributed by atoms with Gasteiger partial charge < -0.3 is 0 Å². The number of carbonyl (C=O) groups is 1. The normalized spacial score (nSPS) is 42.5. The van der Waals surface area contributed by atoms with Gasteiger partial charge >= 0.3 is 5.19 Å². The second-order valence-electron chi connectivity index (χ2n) is 10.4. The number of hydrogen-bond donors (Lipinski definition) is 1. The minimum Gasteiger partial charge on any atom is -0.267 e.